The smallest absolute Gasteiger partial charge is 0.324 e. The Kier molecular flexibility index (Phi) is 6.60. The molecule has 3 N–H and O–H groups in total. The highest BCUT2D eigenvalue weighted by molar-refractivity contribution is 7.70. The van der Waals surface area contributed by atoms with E-state index in [1.165, 1.54) is 0 Å². The van der Waals surface area contributed by atoms with Gasteiger partial charge >= 0.3 is 15.2 Å². The third-order valence-corrected chi connectivity index (χ3v) is 4.83. The first-order valence-corrected chi connectivity index (χ1v) is 7.99. The summed E-state index contributed by atoms with van der Waals surface area (Å²) in [5, 5.41) is 0. The van der Waals surface area contributed by atoms with Crippen LogP contribution < -0.4 is 0 Å². The van der Waals surface area contributed by atoms with Gasteiger partial charge in [-0.25, -0.2) is 0 Å². The lowest BCUT2D eigenvalue weighted by Crippen LogP contribution is -1.97. The van der Waals surface area contributed by atoms with Gasteiger partial charge in [0.15, 0.2) is 5.90 Å². The Morgan fingerprint density at radius 3 is 2.27 bits per heavy atom. The van der Waals surface area contributed by atoms with E-state index in [1.54, 1.807) is 6.08 Å². The maximum atomic E-state index is 11.1. The molecule has 0 spiro atoms. The Morgan fingerprint density at radius 2 is 1.80 bits per heavy atom. The molecule has 0 bridgehead atoms. The van der Waals surface area contributed by atoms with Crippen LogP contribution in [0.15, 0.2) is 12.2 Å². The molecule has 0 aromatic heterocycles. The normalized spacial score (nSPS) is 16.8. The van der Waals surface area contributed by atoms with Crippen molar-refractivity contribution in [2.24, 2.45) is 0 Å². The van der Waals surface area contributed by atoms with Gasteiger partial charge in [0.05, 0.1) is 6.61 Å². The van der Waals surface area contributed by atoms with Crippen molar-refractivity contribution in [2.45, 2.75) is 19.8 Å². The molecule has 0 saturated carbocycles. The van der Waals surface area contributed by atoms with Gasteiger partial charge in [-0.15, -0.1) is 0 Å². The van der Waals surface area contributed by atoms with E-state index in [0.717, 1.165) is 6.42 Å². The molecule has 0 radical (unpaired) electrons. The molecule has 0 aliphatic rings. The zero-order chi connectivity index (χ0) is 11.9. The summed E-state index contributed by atoms with van der Waals surface area (Å²) in [6.45, 7) is 1.92. The standard InChI is InChI=1S/C7H16O6P2/c1-2-3-4-5-6-13-15(11,12)7-14(8,9)10/h3-4H,2,5-7H2,1H3,(H,11,12)(H2,8,9,10)/b4-3-. The van der Waals surface area contributed by atoms with E-state index >= 15 is 0 Å². The van der Waals surface area contributed by atoms with Crippen molar-refractivity contribution in [1.82, 2.24) is 0 Å². The highest BCUT2D eigenvalue weighted by Crippen LogP contribution is 2.55. The van der Waals surface area contributed by atoms with E-state index in [0.29, 0.717) is 6.42 Å². The maximum absolute atomic E-state index is 11.1. The molecule has 0 fully saturated rings. The topological polar surface area (TPSA) is 104 Å². The minimum atomic E-state index is -4.50. The summed E-state index contributed by atoms with van der Waals surface area (Å²) in [7, 11) is -8.66. The Labute approximate surface area is 88.7 Å². The van der Waals surface area contributed by atoms with Crippen molar-refractivity contribution in [2.75, 3.05) is 12.5 Å². The van der Waals surface area contributed by atoms with Crippen LogP contribution in [0.25, 0.3) is 0 Å². The minimum Gasteiger partial charge on any atom is -0.324 e. The maximum Gasteiger partial charge on any atom is 0.340 e. The molecule has 0 rings (SSSR count). The fourth-order valence-electron chi connectivity index (χ4n) is 0.822. The highest BCUT2D eigenvalue weighted by Gasteiger charge is 2.30. The number of hydrogen-bond donors (Lipinski definition) is 3. The molecule has 0 aliphatic heterocycles. The lowest BCUT2D eigenvalue weighted by molar-refractivity contribution is 0.265. The summed E-state index contributed by atoms with van der Waals surface area (Å²) in [5.41, 5.74) is 0. The molecule has 90 valence electrons. The lowest BCUT2D eigenvalue weighted by atomic mass is 10.3. The molecule has 15 heavy (non-hydrogen) atoms. The third kappa shape index (κ3) is 10.3. The molecule has 0 saturated heterocycles. The Bertz CT molecular complexity index is 294. The predicted molar refractivity (Wildman–Crippen MR) is 56.7 cm³/mol. The summed E-state index contributed by atoms with van der Waals surface area (Å²) in [5.74, 6) is -1.13. The summed E-state index contributed by atoms with van der Waals surface area (Å²) < 4.78 is 26.0. The molecule has 0 aliphatic carbocycles. The molecule has 0 amide bonds. The van der Waals surface area contributed by atoms with Gasteiger partial charge in [0.25, 0.3) is 0 Å². The van der Waals surface area contributed by atoms with Gasteiger partial charge in [0.1, 0.15) is 0 Å². The van der Waals surface area contributed by atoms with E-state index in [4.69, 9.17) is 14.7 Å². The molecule has 1 atom stereocenters. The van der Waals surface area contributed by atoms with E-state index in [1.807, 2.05) is 13.0 Å². The Morgan fingerprint density at radius 1 is 1.20 bits per heavy atom. The van der Waals surface area contributed by atoms with Gasteiger partial charge in [0, 0.05) is 0 Å². The van der Waals surface area contributed by atoms with E-state index in [9.17, 15) is 9.13 Å². The number of allylic oxidation sites excluding steroid dienone is 1. The van der Waals surface area contributed by atoms with Crippen LogP contribution in [0.5, 0.6) is 0 Å². The van der Waals surface area contributed by atoms with E-state index < -0.39 is 21.1 Å². The van der Waals surface area contributed by atoms with Crippen molar-refractivity contribution in [1.29, 1.82) is 0 Å². The van der Waals surface area contributed by atoms with Crippen molar-refractivity contribution in [3.8, 4) is 0 Å². The van der Waals surface area contributed by atoms with Crippen molar-refractivity contribution < 1.29 is 28.3 Å². The molecule has 1 unspecified atom stereocenters. The average Bonchev–Trinajstić information content (AvgIpc) is 1.99. The third-order valence-electron chi connectivity index (χ3n) is 1.34. The molecule has 8 heteroatoms. The van der Waals surface area contributed by atoms with Crippen molar-refractivity contribution >= 4 is 15.2 Å². The minimum absolute atomic E-state index is 0.0235. The lowest BCUT2D eigenvalue weighted by Gasteiger charge is -2.11. The largest absolute Gasteiger partial charge is 0.340 e. The number of rotatable bonds is 7. The molecular weight excluding hydrogens is 242 g/mol. The van der Waals surface area contributed by atoms with Crippen LogP contribution >= 0.6 is 15.2 Å². The Hall–Kier alpha value is 0.0400. The van der Waals surface area contributed by atoms with Crippen LogP contribution in [0, 0.1) is 0 Å². The summed E-state index contributed by atoms with van der Waals surface area (Å²) >= 11 is 0. The SMILES string of the molecule is CC/C=C\CCOP(=O)(O)CP(=O)(O)O. The monoisotopic (exact) mass is 258 g/mol. The highest BCUT2D eigenvalue weighted by atomic mass is 31.2. The summed E-state index contributed by atoms with van der Waals surface area (Å²) in [6, 6.07) is 0. The van der Waals surface area contributed by atoms with Crippen LogP contribution in [0.3, 0.4) is 0 Å². The van der Waals surface area contributed by atoms with Gasteiger partial charge in [0.2, 0.25) is 0 Å². The van der Waals surface area contributed by atoms with Crippen LogP contribution in [-0.2, 0) is 13.7 Å². The van der Waals surface area contributed by atoms with Gasteiger partial charge in [-0.3, -0.25) is 9.13 Å². The zero-order valence-corrected chi connectivity index (χ0v) is 10.2. The van der Waals surface area contributed by atoms with E-state index in [2.05, 4.69) is 4.52 Å². The van der Waals surface area contributed by atoms with E-state index in [-0.39, 0.29) is 6.61 Å². The first-order valence-electron chi connectivity index (χ1n) is 4.43. The fourth-order valence-corrected chi connectivity index (χ4v) is 3.40. The van der Waals surface area contributed by atoms with Crippen LogP contribution in [0.2, 0.25) is 0 Å². The second kappa shape index (κ2) is 6.59. The van der Waals surface area contributed by atoms with Crippen LogP contribution in [-0.4, -0.2) is 27.2 Å². The first-order chi connectivity index (χ1) is 6.77. The molecule has 0 aromatic carbocycles. The van der Waals surface area contributed by atoms with Crippen LogP contribution in [0.1, 0.15) is 19.8 Å². The average molecular weight is 258 g/mol. The second-order valence-corrected chi connectivity index (χ2v) is 6.94. The molecule has 6 nitrogen and oxygen atoms in total. The Balaban J connectivity index is 3.90. The van der Waals surface area contributed by atoms with Gasteiger partial charge in [-0.1, -0.05) is 19.1 Å². The van der Waals surface area contributed by atoms with Crippen molar-refractivity contribution in [3.63, 3.8) is 0 Å². The molecule has 0 heterocycles. The van der Waals surface area contributed by atoms with Gasteiger partial charge in [-0.2, -0.15) is 0 Å². The van der Waals surface area contributed by atoms with Crippen LogP contribution in [0.4, 0.5) is 0 Å². The quantitative estimate of drug-likeness (QED) is 0.364. The van der Waals surface area contributed by atoms with Crippen molar-refractivity contribution in [3.05, 3.63) is 12.2 Å². The molecule has 0 aromatic rings. The predicted octanol–water partition coefficient (Wildman–Crippen LogP) is 1.68. The fraction of sp³-hybridized carbons (Fsp3) is 0.714. The molecular formula is C7H16O6P2. The van der Waals surface area contributed by atoms with Gasteiger partial charge < -0.3 is 19.2 Å². The van der Waals surface area contributed by atoms with Gasteiger partial charge in [-0.05, 0) is 12.8 Å². The number of hydrogen-bond acceptors (Lipinski definition) is 3. The summed E-state index contributed by atoms with van der Waals surface area (Å²) in [6.07, 6.45) is 4.95. The second-order valence-electron chi connectivity index (χ2n) is 2.95. The zero-order valence-electron chi connectivity index (χ0n) is 8.44. The first kappa shape index (κ1) is 15.0. The summed E-state index contributed by atoms with van der Waals surface area (Å²) in [4.78, 5) is 26.0.